The van der Waals surface area contributed by atoms with Crippen LogP contribution >= 0.6 is 11.6 Å². The van der Waals surface area contributed by atoms with Crippen LogP contribution in [0.2, 0.25) is 5.02 Å². The number of halogens is 1. The maximum absolute atomic E-state index is 6.13. The Morgan fingerprint density at radius 3 is 2.75 bits per heavy atom. The predicted octanol–water partition coefficient (Wildman–Crippen LogP) is 5.60. The van der Waals surface area contributed by atoms with Crippen LogP contribution in [0.4, 0.5) is 0 Å². The highest BCUT2D eigenvalue weighted by molar-refractivity contribution is 6.30. The van der Waals surface area contributed by atoms with E-state index in [9.17, 15) is 0 Å². The summed E-state index contributed by atoms with van der Waals surface area (Å²) in [7, 11) is 0. The molecule has 0 saturated heterocycles. The molecule has 0 aromatic heterocycles. The van der Waals surface area contributed by atoms with Gasteiger partial charge in [0.25, 0.3) is 0 Å². The van der Waals surface area contributed by atoms with Crippen molar-refractivity contribution in [1.82, 2.24) is 5.32 Å². The number of benzene rings is 1. The molecule has 1 aliphatic carbocycles. The van der Waals surface area contributed by atoms with E-state index >= 15 is 0 Å². The zero-order valence-electron chi connectivity index (χ0n) is 13.2. The first-order chi connectivity index (χ1) is 9.41. The second kappa shape index (κ2) is 6.49. The highest BCUT2D eigenvalue weighted by atomic mass is 35.5. The summed E-state index contributed by atoms with van der Waals surface area (Å²) in [6.07, 6.45) is 5.02. The molecule has 0 radical (unpaired) electrons. The van der Waals surface area contributed by atoms with Gasteiger partial charge in [-0.3, -0.25) is 0 Å². The van der Waals surface area contributed by atoms with E-state index in [0.29, 0.717) is 17.5 Å². The van der Waals surface area contributed by atoms with Crippen LogP contribution in [0.25, 0.3) is 0 Å². The first-order valence-corrected chi connectivity index (χ1v) is 8.30. The quantitative estimate of drug-likeness (QED) is 0.762. The van der Waals surface area contributed by atoms with Crippen molar-refractivity contribution in [2.75, 3.05) is 0 Å². The molecule has 3 atom stereocenters. The van der Waals surface area contributed by atoms with Gasteiger partial charge in [0, 0.05) is 17.1 Å². The van der Waals surface area contributed by atoms with Gasteiger partial charge in [0.05, 0.1) is 0 Å². The monoisotopic (exact) mass is 293 g/mol. The Morgan fingerprint density at radius 1 is 1.40 bits per heavy atom. The maximum Gasteiger partial charge on any atom is 0.0409 e. The Labute approximate surface area is 129 Å². The van der Waals surface area contributed by atoms with E-state index < -0.39 is 0 Å². The van der Waals surface area contributed by atoms with Crippen molar-refractivity contribution in [1.29, 1.82) is 0 Å². The molecule has 0 aliphatic heterocycles. The van der Waals surface area contributed by atoms with Gasteiger partial charge in [-0.25, -0.2) is 0 Å². The number of hydrogen-bond acceptors (Lipinski definition) is 1. The summed E-state index contributed by atoms with van der Waals surface area (Å²) in [5.41, 5.74) is 1.83. The summed E-state index contributed by atoms with van der Waals surface area (Å²) in [6, 6.07) is 9.33. The number of hydrogen-bond donors (Lipinski definition) is 1. The Kier molecular flexibility index (Phi) is 5.14. The molecular weight excluding hydrogens is 266 g/mol. The Hall–Kier alpha value is -0.530. The Balaban J connectivity index is 2.04. The van der Waals surface area contributed by atoms with Crippen molar-refractivity contribution < 1.29 is 0 Å². The van der Waals surface area contributed by atoms with Crippen LogP contribution in [0, 0.1) is 11.3 Å². The van der Waals surface area contributed by atoms with Crippen molar-refractivity contribution in [3.8, 4) is 0 Å². The first-order valence-electron chi connectivity index (χ1n) is 7.93. The molecule has 1 N–H and O–H groups in total. The van der Waals surface area contributed by atoms with Crippen molar-refractivity contribution >= 4 is 11.6 Å². The minimum absolute atomic E-state index is 0.419. The molecule has 0 bridgehead atoms. The third-order valence-corrected chi connectivity index (χ3v) is 5.00. The molecule has 0 heterocycles. The molecule has 1 fully saturated rings. The van der Waals surface area contributed by atoms with Crippen molar-refractivity contribution in [2.45, 2.75) is 65.5 Å². The third kappa shape index (κ3) is 3.99. The van der Waals surface area contributed by atoms with Crippen LogP contribution in [-0.2, 0) is 0 Å². The molecule has 1 saturated carbocycles. The number of nitrogens with one attached hydrogen (secondary N) is 1. The first kappa shape index (κ1) is 15.9. The minimum Gasteiger partial charge on any atom is -0.307 e. The smallest absolute Gasteiger partial charge is 0.0409 e. The van der Waals surface area contributed by atoms with Crippen molar-refractivity contribution in [2.24, 2.45) is 11.3 Å². The lowest BCUT2D eigenvalue weighted by Gasteiger charge is -2.41. The molecule has 3 unspecified atom stereocenters. The molecule has 0 amide bonds. The average Bonchev–Trinajstić information content (AvgIpc) is 2.37. The molecule has 1 aromatic carbocycles. The van der Waals surface area contributed by atoms with E-state index in [-0.39, 0.29) is 0 Å². The van der Waals surface area contributed by atoms with Crippen LogP contribution in [-0.4, -0.2) is 6.04 Å². The van der Waals surface area contributed by atoms with Gasteiger partial charge in [0.2, 0.25) is 0 Å². The van der Waals surface area contributed by atoms with Gasteiger partial charge in [-0.15, -0.1) is 0 Å². The topological polar surface area (TPSA) is 12.0 Å². The lowest BCUT2D eigenvalue weighted by molar-refractivity contribution is 0.140. The summed E-state index contributed by atoms with van der Waals surface area (Å²) in [4.78, 5) is 0. The fourth-order valence-corrected chi connectivity index (χ4v) is 3.82. The van der Waals surface area contributed by atoms with E-state index in [2.05, 4.69) is 51.2 Å². The van der Waals surface area contributed by atoms with Gasteiger partial charge in [-0.05, 0) is 54.7 Å². The van der Waals surface area contributed by atoms with E-state index in [1.54, 1.807) is 0 Å². The van der Waals surface area contributed by atoms with Crippen LogP contribution in [0.15, 0.2) is 24.3 Å². The van der Waals surface area contributed by atoms with Crippen molar-refractivity contribution in [3.63, 3.8) is 0 Å². The van der Waals surface area contributed by atoms with E-state index in [4.69, 9.17) is 11.6 Å². The van der Waals surface area contributed by atoms with Crippen molar-refractivity contribution in [3.05, 3.63) is 34.9 Å². The molecule has 2 rings (SSSR count). The second-order valence-electron chi connectivity index (χ2n) is 7.17. The van der Waals surface area contributed by atoms with Gasteiger partial charge in [0.15, 0.2) is 0 Å². The molecule has 112 valence electrons. The molecule has 0 spiro atoms. The standard InChI is InChI=1S/C18H28ClN/c1-5-16(14-7-6-8-15(19)11-14)20-17-9-10-18(3,4)12-13(17)2/h6-8,11,13,16-17,20H,5,9-10,12H2,1-4H3. The second-order valence-corrected chi connectivity index (χ2v) is 7.61. The van der Waals surface area contributed by atoms with Gasteiger partial charge in [-0.1, -0.05) is 51.4 Å². The van der Waals surface area contributed by atoms with Gasteiger partial charge >= 0.3 is 0 Å². The third-order valence-electron chi connectivity index (χ3n) is 4.77. The Bertz CT molecular complexity index is 441. The average molecular weight is 294 g/mol. The molecule has 1 aliphatic rings. The zero-order chi connectivity index (χ0) is 14.8. The van der Waals surface area contributed by atoms with Crippen LogP contribution in [0.3, 0.4) is 0 Å². The molecular formula is C18H28ClN. The van der Waals surface area contributed by atoms with E-state index in [1.807, 2.05) is 6.07 Å². The normalized spacial score (nSPS) is 27.2. The number of rotatable bonds is 4. The summed E-state index contributed by atoms with van der Waals surface area (Å²) in [6.45, 7) is 9.43. The maximum atomic E-state index is 6.13. The van der Waals surface area contributed by atoms with Crippen LogP contribution < -0.4 is 5.32 Å². The molecule has 20 heavy (non-hydrogen) atoms. The van der Waals surface area contributed by atoms with Gasteiger partial charge in [0.1, 0.15) is 0 Å². The summed E-state index contributed by atoms with van der Waals surface area (Å²) in [5, 5.41) is 4.71. The molecule has 2 heteroatoms. The van der Waals surface area contributed by atoms with E-state index in [0.717, 1.165) is 17.4 Å². The molecule has 1 aromatic rings. The zero-order valence-corrected chi connectivity index (χ0v) is 14.0. The van der Waals surface area contributed by atoms with Crippen LogP contribution in [0.5, 0.6) is 0 Å². The largest absolute Gasteiger partial charge is 0.307 e. The van der Waals surface area contributed by atoms with Gasteiger partial charge < -0.3 is 5.32 Å². The lowest BCUT2D eigenvalue weighted by atomic mass is 9.70. The summed E-state index contributed by atoms with van der Waals surface area (Å²) < 4.78 is 0. The Morgan fingerprint density at radius 2 is 2.15 bits per heavy atom. The van der Waals surface area contributed by atoms with Gasteiger partial charge in [-0.2, -0.15) is 0 Å². The lowest BCUT2D eigenvalue weighted by Crippen LogP contribution is -2.43. The molecule has 1 nitrogen and oxygen atoms in total. The highest BCUT2D eigenvalue weighted by Gasteiger charge is 2.33. The SMILES string of the molecule is CCC(NC1CCC(C)(C)CC1C)c1cccc(Cl)c1. The summed E-state index contributed by atoms with van der Waals surface area (Å²) >= 11 is 6.13. The summed E-state index contributed by atoms with van der Waals surface area (Å²) in [5.74, 6) is 0.743. The predicted molar refractivity (Wildman–Crippen MR) is 88.2 cm³/mol. The fraction of sp³-hybridized carbons (Fsp3) is 0.667. The van der Waals surface area contributed by atoms with Crippen LogP contribution in [0.1, 0.15) is 65.0 Å². The van der Waals surface area contributed by atoms with E-state index in [1.165, 1.54) is 24.8 Å². The fourth-order valence-electron chi connectivity index (χ4n) is 3.63. The highest BCUT2D eigenvalue weighted by Crippen LogP contribution is 2.39. The minimum atomic E-state index is 0.419.